The van der Waals surface area contributed by atoms with Crippen molar-refractivity contribution in [3.63, 3.8) is 0 Å². The molecule has 0 spiro atoms. The predicted octanol–water partition coefficient (Wildman–Crippen LogP) is 2.04. The monoisotopic (exact) mass is 280 g/mol. The van der Waals surface area contributed by atoms with Crippen LogP contribution in [-0.2, 0) is 12.3 Å². The summed E-state index contributed by atoms with van der Waals surface area (Å²) >= 11 is 1.33. The molecule has 1 heterocycles. The fourth-order valence-electron chi connectivity index (χ4n) is 1.54. The summed E-state index contributed by atoms with van der Waals surface area (Å²) in [6, 6.07) is 5.00. The molecule has 19 heavy (non-hydrogen) atoms. The fraction of sp³-hybridized carbons (Fsp3) is 0.273. The maximum absolute atomic E-state index is 10.8. The molecule has 2 N–H and O–H groups in total. The second kappa shape index (κ2) is 5.81. The molecule has 0 fully saturated rings. The molecule has 0 bridgehead atoms. The van der Waals surface area contributed by atoms with E-state index in [0.29, 0.717) is 22.4 Å². The predicted molar refractivity (Wildman–Crippen MR) is 69.6 cm³/mol. The molecule has 1 aromatic heterocycles. The first-order valence-corrected chi connectivity index (χ1v) is 6.48. The van der Waals surface area contributed by atoms with Crippen molar-refractivity contribution >= 4 is 17.4 Å². The van der Waals surface area contributed by atoms with Crippen LogP contribution in [0, 0.1) is 17.0 Å². The third-order valence-corrected chi connectivity index (χ3v) is 3.46. The summed E-state index contributed by atoms with van der Waals surface area (Å²) in [6.07, 6.45) is 0. The Labute approximate surface area is 113 Å². The first-order valence-electron chi connectivity index (χ1n) is 5.50. The van der Waals surface area contributed by atoms with Gasteiger partial charge in [-0.15, -0.1) is 10.2 Å². The van der Waals surface area contributed by atoms with E-state index in [2.05, 4.69) is 10.2 Å². The van der Waals surface area contributed by atoms with Crippen LogP contribution < -0.4 is 5.73 Å². The molecule has 0 radical (unpaired) electrons. The molecule has 0 aliphatic carbocycles. The molecule has 0 atom stereocenters. The van der Waals surface area contributed by atoms with E-state index in [1.807, 2.05) is 6.07 Å². The number of rotatable bonds is 5. The van der Waals surface area contributed by atoms with Crippen molar-refractivity contribution in [3.05, 3.63) is 45.3 Å². The first-order chi connectivity index (χ1) is 9.11. The normalized spacial score (nSPS) is 10.6. The Morgan fingerprint density at radius 2 is 2.26 bits per heavy atom. The van der Waals surface area contributed by atoms with Gasteiger partial charge in [-0.25, -0.2) is 0 Å². The van der Waals surface area contributed by atoms with Gasteiger partial charge in [-0.05, 0) is 12.5 Å². The summed E-state index contributed by atoms with van der Waals surface area (Å²) < 4.78 is 5.25. The van der Waals surface area contributed by atoms with Crippen molar-refractivity contribution in [2.24, 2.45) is 5.73 Å². The topological polar surface area (TPSA) is 108 Å². The number of hydrogen-bond acceptors (Lipinski definition) is 7. The minimum absolute atomic E-state index is 0.117. The Morgan fingerprint density at radius 1 is 1.47 bits per heavy atom. The van der Waals surface area contributed by atoms with Crippen LogP contribution in [0.4, 0.5) is 5.69 Å². The lowest BCUT2D eigenvalue weighted by Gasteiger charge is -2.04. The Bertz CT molecular complexity index is 599. The Balaban J connectivity index is 2.11. The van der Waals surface area contributed by atoms with Crippen molar-refractivity contribution < 1.29 is 9.34 Å². The number of nitrogens with two attached hydrogens (primary N) is 1. The first kappa shape index (κ1) is 13.5. The maximum atomic E-state index is 10.8. The molecular formula is C11H12N4O3S. The number of nitro groups is 1. The molecule has 0 saturated heterocycles. The van der Waals surface area contributed by atoms with Gasteiger partial charge in [0, 0.05) is 17.4 Å². The van der Waals surface area contributed by atoms with Gasteiger partial charge in [0.2, 0.25) is 5.89 Å². The highest BCUT2D eigenvalue weighted by Crippen LogP contribution is 2.27. The molecule has 1 aromatic carbocycles. The third kappa shape index (κ3) is 3.09. The molecular weight excluding hydrogens is 268 g/mol. The molecule has 2 aromatic rings. The van der Waals surface area contributed by atoms with E-state index in [-0.39, 0.29) is 17.2 Å². The number of hydrogen-bond donors (Lipinski definition) is 1. The van der Waals surface area contributed by atoms with Gasteiger partial charge in [0.25, 0.3) is 10.9 Å². The molecule has 7 nitrogen and oxygen atoms in total. The molecule has 0 amide bonds. The smallest absolute Gasteiger partial charge is 0.276 e. The summed E-state index contributed by atoms with van der Waals surface area (Å²) in [7, 11) is 0. The molecule has 100 valence electrons. The Kier molecular flexibility index (Phi) is 4.13. The maximum Gasteiger partial charge on any atom is 0.276 e. The number of thioether (sulfide) groups is 1. The largest absolute Gasteiger partial charge is 0.415 e. The minimum atomic E-state index is -0.386. The van der Waals surface area contributed by atoms with E-state index in [1.165, 1.54) is 17.8 Å². The van der Waals surface area contributed by atoms with Gasteiger partial charge in [0.15, 0.2) is 0 Å². The van der Waals surface area contributed by atoms with Crippen molar-refractivity contribution in [1.82, 2.24) is 10.2 Å². The van der Waals surface area contributed by atoms with Crippen LogP contribution in [-0.4, -0.2) is 15.1 Å². The zero-order valence-electron chi connectivity index (χ0n) is 10.2. The van der Waals surface area contributed by atoms with Gasteiger partial charge in [-0.1, -0.05) is 23.9 Å². The highest BCUT2D eigenvalue weighted by Gasteiger charge is 2.14. The third-order valence-electron chi connectivity index (χ3n) is 2.59. The lowest BCUT2D eigenvalue weighted by molar-refractivity contribution is -0.385. The molecule has 2 rings (SSSR count). The van der Waals surface area contributed by atoms with E-state index in [0.717, 1.165) is 5.56 Å². The number of nitro benzene ring substituents is 1. The summed E-state index contributed by atoms with van der Waals surface area (Å²) in [5.41, 5.74) is 7.00. The van der Waals surface area contributed by atoms with E-state index in [1.54, 1.807) is 13.0 Å². The highest BCUT2D eigenvalue weighted by atomic mass is 32.2. The average Bonchev–Trinajstić information content (AvgIpc) is 2.85. The number of nitrogens with zero attached hydrogens (tertiary/aromatic N) is 3. The SMILES string of the molecule is Cc1c(CSc2nnc(CN)o2)cccc1[N+](=O)[O-]. The fourth-order valence-corrected chi connectivity index (χ4v) is 2.39. The van der Waals surface area contributed by atoms with Crippen LogP contribution >= 0.6 is 11.8 Å². The van der Waals surface area contributed by atoms with Crippen LogP contribution in [0.15, 0.2) is 27.8 Å². The van der Waals surface area contributed by atoms with Crippen molar-refractivity contribution in [2.75, 3.05) is 0 Å². The van der Waals surface area contributed by atoms with Crippen molar-refractivity contribution in [2.45, 2.75) is 24.4 Å². The van der Waals surface area contributed by atoms with Crippen molar-refractivity contribution in [1.29, 1.82) is 0 Å². The summed E-state index contributed by atoms with van der Waals surface area (Å²) in [5, 5.41) is 18.8. The summed E-state index contributed by atoms with van der Waals surface area (Å²) in [4.78, 5) is 10.4. The van der Waals surface area contributed by atoms with Gasteiger partial charge in [-0.3, -0.25) is 10.1 Å². The second-order valence-corrected chi connectivity index (χ2v) is 4.70. The zero-order chi connectivity index (χ0) is 13.8. The van der Waals surface area contributed by atoms with Gasteiger partial charge < -0.3 is 10.2 Å². The van der Waals surface area contributed by atoms with Crippen molar-refractivity contribution in [3.8, 4) is 0 Å². The lowest BCUT2D eigenvalue weighted by Crippen LogP contribution is -1.95. The van der Waals surface area contributed by atoms with Gasteiger partial charge >= 0.3 is 0 Å². The molecule has 0 aliphatic heterocycles. The molecule has 8 heteroatoms. The zero-order valence-corrected chi connectivity index (χ0v) is 11.0. The summed E-state index contributed by atoms with van der Waals surface area (Å²) in [6.45, 7) is 1.93. The Morgan fingerprint density at radius 3 is 2.89 bits per heavy atom. The molecule has 0 saturated carbocycles. The summed E-state index contributed by atoms with van der Waals surface area (Å²) in [5.74, 6) is 0.901. The Hall–Kier alpha value is -1.93. The standard InChI is InChI=1S/C11H12N4O3S/c1-7-8(3-2-4-9(7)15(16)17)6-19-11-14-13-10(5-12)18-11/h2-4H,5-6,12H2,1H3. The van der Waals surface area contributed by atoms with Crippen LogP contribution in [0.3, 0.4) is 0 Å². The number of aromatic nitrogens is 2. The van der Waals surface area contributed by atoms with Gasteiger partial charge in [0.1, 0.15) is 0 Å². The molecule has 0 aliphatic rings. The van der Waals surface area contributed by atoms with Crippen LogP contribution in [0.25, 0.3) is 0 Å². The van der Waals surface area contributed by atoms with Gasteiger partial charge in [-0.2, -0.15) is 0 Å². The lowest BCUT2D eigenvalue weighted by atomic mass is 10.1. The van der Waals surface area contributed by atoms with E-state index < -0.39 is 0 Å². The minimum Gasteiger partial charge on any atom is -0.415 e. The molecule has 0 unspecified atom stereocenters. The van der Waals surface area contributed by atoms with E-state index >= 15 is 0 Å². The quantitative estimate of drug-likeness (QED) is 0.507. The van der Waals surface area contributed by atoms with Crippen LogP contribution in [0.2, 0.25) is 0 Å². The van der Waals surface area contributed by atoms with E-state index in [4.69, 9.17) is 10.2 Å². The average molecular weight is 280 g/mol. The van der Waals surface area contributed by atoms with Gasteiger partial charge in [0.05, 0.1) is 11.5 Å². The van der Waals surface area contributed by atoms with E-state index in [9.17, 15) is 10.1 Å². The number of benzene rings is 1. The second-order valence-electron chi connectivity index (χ2n) is 3.77. The van der Waals surface area contributed by atoms with Crippen LogP contribution in [0.1, 0.15) is 17.0 Å². The van der Waals surface area contributed by atoms with Crippen LogP contribution in [0.5, 0.6) is 0 Å². The highest BCUT2D eigenvalue weighted by molar-refractivity contribution is 7.98.